The van der Waals surface area contributed by atoms with Crippen molar-refractivity contribution in [1.82, 2.24) is 10.2 Å². The largest absolute Gasteiger partial charge is 0.451 e. The smallest absolute Gasteiger partial charge is 0.287 e. The number of nitrogens with one attached hydrogen (secondary N) is 1. The van der Waals surface area contributed by atoms with Crippen LogP contribution in [0.2, 0.25) is 0 Å². The number of benzene rings is 1. The Morgan fingerprint density at radius 2 is 2.04 bits per heavy atom. The van der Waals surface area contributed by atoms with E-state index < -0.39 is 0 Å². The first kappa shape index (κ1) is 19.2. The van der Waals surface area contributed by atoms with Gasteiger partial charge in [-0.25, -0.2) is 0 Å². The number of furan rings is 1. The third-order valence-corrected chi connectivity index (χ3v) is 6.37. The lowest BCUT2D eigenvalue weighted by atomic mass is 10.0. The van der Waals surface area contributed by atoms with Crippen molar-refractivity contribution in [2.75, 3.05) is 32.8 Å². The number of hydrogen-bond donors (Lipinski definition) is 1. The highest BCUT2D eigenvalue weighted by Crippen LogP contribution is 2.30. The Morgan fingerprint density at radius 3 is 2.75 bits per heavy atom. The first-order valence-corrected chi connectivity index (χ1v) is 10.6. The van der Waals surface area contributed by atoms with Gasteiger partial charge in [0.1, 0.15) is 5.58 Å². The molecule has 1 atom stereocenters. The summed E-state index contributed by atoms with van der Waals surface area (Å²) in [5.41, 5.74) is 3.96. The number of carbonyl (C=O) groups excluding carboxylic acids is 1. The summed E-state index contributed by atoms with van der Waals surface area (Å²) in [6.45, 7) is 9.83. The second-order valence-corrected chi connectivity index (χ2v) is 8.38. The van der Waals surface area contributed by atoms with E-state index in [-0.39, 0.29) is 11.9 Å². The van der Waals surface area contributed by atoms with Gasteiger partial charge in [0.25, 0.3) is 5.91 Å². The van der Waals surface area contributed by atoms with E-state index in [2.05, 4.69) is 40.7 Å². The Balaban J connectivity index is 1.55. The minimum absolute atomic E-state index is 0.152. The van der Waals surface area contributed by atoms with Crippen LogP contribution in [0.15, 0.2) is 34.1 Å². The Labute approximate surface area is 169 Å². The molecular formula is C22H26N2O3S. The zero-order valence-electron chi connectivity index (χ0n) is 16.6. The van der Waals surface area contributed by atoms with Crippen molar-refractivity contribution in [1.29, 1.82) is 0 Å². The number of fused-ring (bicyclic) bond motifs is 1. The fraction of sp³-hybridized carbons (Fsp3) is 0.409. The second-order valence-electron chi connectivity index (χ2n) is 7.40. The molecule has 0 spiro atoms. The number of ether oxygens (including phenoxy) is 1. The molecule has 1 fully saturated rings. The van der Waals surface area contributed by atoms with Gasteiger partial charge in [-0.2, -0.15) is 0 Å². The number of nitrogens with zero attached hydrogens (tertiary/aromatic N) is 1. The normalized spacial score (nSPS) is 16.4. The fourth-order valence-corrected chi connectivity index (χ4v) is 4.92. The van der Waals surface area contributed by atoms with Crippen molar-refractivity contribution in [2.24, 2.45) is 0 Å². The molecule has 1 amide bonds. The molecule has 1 aliphatic heterocycles. The maximum Gasteiger partial charge on any atom is 0.287 e. The van der Waals surface area contributed by atoms with Gasteiger partial charge in [-0.3, -0.25) is 9.69 Å². The van der Waals surface area contributed by atoms with Crippen LogP contribution in [0.5, 0.6) is 0 Å². The minimum atomic E-state index is -0.152. The Hall–Kier alpha value is -2.15. The molecule has 4 rings (SSSR count). The van der Waals surface area contributed by atoms with Crippen LogP contribution in [0, 0.1) is 20.8 Å². The van der Waals surface area contributed by atoms with Crippen molar-refractivity contribution in [2.45, 2.75) is 26.8 Å². The number of hydrogen-bond acceptors (Lipinski definition) is 5. The Kier molecular flexibility index (Phi) is 5.53. The van der Waals surface area contributed by atoms with Crippen LogP contribution >= 0.6 is 11.3 Å². The highest BCUT2D eigenvalue weighted by molar-refractivity contribution is 7.10. The van der Waals surface area contributed by atoms with Gasteiger partial charge in [0.15, 0.2) is 5.76 Å². The van der Waals surface area contributed by atoms with Crippen molar-refractivity contribution in [3.8, 4) is 0 Å². The Morgan fingerprint density at radius 1 is 1.25 bits per heavy atom. The molecule has 1 N–H and O–H groups in total. The minimum Gasteiger partial charge on any atom is -0.451 e. The summed E-state index contributed by atoms with van der Waals surface area (Å²) < 4.78 is 11.4. The predicted molar refractivity (Wildman–Crippen MR) is 112 cm³/mol. The summed E-state index contributed by atoms with van der Waals surface area (Å²) in [6, 6.07) is 8.47. The molecular weight excluding hydrogens is 372 g/mol. The standard InChI is InChI=1S/C22H26N2O3S/c1-14-11-15(2)20-16(3)21(27-18(20)12-14)22(25)23-13-17(19-5-4-10-28-19)24-6-8-26-9-7-24/h4-5,10-12,17H,6-9,13H2,1-3H3,(H,23,25)/t17-/m1/s1. The number of thiophene rings is 1. The van der Waals surface area contributed by atoms with Crippen molar-refractivity contribution in [3.05, 3.63) is 57.0 Å². The molecule has 6 heteroatoms. The van der Waals surface area contributed by atoms with Crippen LogP contribution in [0.25, 0.3) is 11.0 Å². The zero-order valence-corrected chi connectivity index (χ0v) is 17.4. The number of carbonyl (C=O) groups is 1. The highest BCUT2D eigenvalue weighted by Gasteiger charge is 2.25. The molecule has 148 valence electrons. The molecule has 0 unspecified atom stereocenters. The first-order valence-electron chi connectivity index (χ1n) is 9.68. The third-order valence-electron chi connectivity index (χ3n) is 5.39. The van der Waals surface area contributed by atoms with Gasteiger partial charge in [0, 0.05) is 35.5 Å². The molecule has 28 heavy (non-hydrogen) atoms. The van der Waals surface area contributed by atoms with Gasteiger partial charge in [-0.15, -0.1) is 11.3 Å². The van der Waals surface area contributed by atoms with Crippen LogP contribution in [-0.4, -0.2) is 43.7 Å². The lowest BCUT2D eigenvalue weighted by Gasteiger charge is -2.34. The second kappa shape index (κ2) is 8.07. The summed E-state index contributed by atoms with van der Waals surface area (Å²) in [6.07, 6.45) is 0. The lowest BCUT2D eigenvalue weighted by molar-refractivity contribution is 0.0168. The molecule has 3 aromatic rings. The van der Waals surface area contributed by atoms with Gasteiger partial charge >= 0.3 is 0 Å². The van der Waals surface area contributed by atoms with Crippen molar-refractivity contribution < 1.29 is 13.9 Å². The van der Waals surface area contributed by atoms with Crippen LogP contribution in [0.3, 0.4) is 0 Å². The number of amides is 1. The molecule has 1 saturated heterocycles. The van der Waals surface area contributed by atoms with E-state index in [1.807, 2.05) is 19.9 Å². The monoisotopic (exact) mass is 398 g/mol. The van der Waals surface area contributed by atoms with Crippen molar-refractivity contribution >= 4 is 28.2 Å². The maximum absolute atomic E-state index is 12.9. The van der Waals surface area contributed by atoms with Gasteiger partial charge < -0.3 is 14.5 Å². The third kappa shape index (κ3) is 3.72. The van der Waals surface area contributed by atoms with E-state index in [1.165, 1.54) is 4.88 Å². The van der Waals surface area contributed by atoms with Crippen LogP contribution in [-0.2, 0) is 4.74 Å². The van der Waals surface area contributed by atoms with Crippen LogP contribution in [0.4, 0.5) is 0 Å². The number of aryl methyl sites for hydroxylation is 3. The first-order chi connectivity index (χ1) is 13.5. The van der Waals surface area contributed by atoms with Gasteiger partial charge in [-0.05, 0) is 49.4 Å². The summed E-state index contributed by atoms with van der Waals surface area (Å²) in [7, 11) is 0. The van der Waals surface area contributed by atoms with E-state index in [9.17, 15) is 4.79 Å². The summed E-state index contributed by atoms with van der Waals surface area (Å²) in [5, 5.41) is 6.23. The van der Waals surface area contributed by atoms with Gasteiger partial charge in [-0.1, -0.05) is 12.1 Å². The molecule has 1 aliphatic rings. The average molecular weight is 399 g/mol. The van der Waals surface area contributed by atoms with E-state index in [0.29, 0.717) is 12.3 Å². The van der Waals surface area contributed by atoms with E-state index >= 15 is 0 Å². The number of morpholine rings is 1. The Bertz CT molecular complexity index is 971. The van der Waals surface area contributed by atoms with E-state index in [1.54, 1.807) is 11.3 Å². The lowest BCUT2D eigenvalue weighted by Crippen LogP contribution is -2.43. The quantitative estimate of drug-likeness (QED) is 0.699. The molecule has 0 bridgehead atoms. The van der Waals surface area contributed by atoms with Crippen LogP contribution in [0.1, 0.15) is 38.2 Å². The maximum atomic E-state index is 12.9. The summed E-state index contributed by atoms with van der Waals surface area (Å²) in [5.74, 6) is 0.260. The molecule has 0 aliphatic carbocycles. The van der Waals surface area contributed by atoms with E-state index in [0.717, 1.165) is 54.0 Å². The molecule has 0 radical (unpaired) electrons. The molecule has 3 heterocycles. The van der Waals surface area contributed by atoms with Gasteiger partial charge in [0.2, 0.25) is 0 Å². The van der Waals surface area contributed by atoms with E-state index in [4.69, 9.17) is 9.15 Å². The molecule has 0 saturated carbocycles. The van der Waals surface area contributed by atoms with Crippen molar-refractivity contribution in [3.63, 3.8) is 0 Å². The van der Waals surface area contributed by atoms with Crippen LogP contribution < -0.4 is 5.32 Å². The van der Waals surface area contributed by atoms with Gasteiger partial charge in [0.05, 0.1) is 19.3 Å². The predicted octanol–water partition coefficient (Wildman–Crippen LogP) is 4.22. The zero-order chi connectivity index (χ0) is 19.7. The summed E-state index contributed by atoms with van der Waals surface area (Å²) >= 11 is 1.73. The summed E-state index contributed by atoms with van der Waals surface area (Å²) in [4.78, 5) is 16.6. The number of rotatable bonds is 5. The fourth-order valence-electron chi connectivity index (χ4n) is 4.06. The average Bonchev–Trinajstić information content (AvgIpc) is 3.31. The molecule has 2 aromatic heterocycles. The topological polar surface area (TPSA) is 54.7 Å². The molecule has 1 aromatic carbocycles. The highest BCUT2D eigenvalue weighted by atomic mass is 32.1. The SMILES string of the molecule is Cc1cc(C)c2c(C)c(C(=O)NC[C@H](c3cccs3)N3CCOCC3)oc2c1. The molecule has 5 nitrogen and oxygen atoms in total.